The lowest BCUT2D eigenvalue weighted by Crippen LogP contribution is -2.46. The van der Waals surface area contributed by atoms with Crippen molar-refractivity contribution in [1.29, 1.82) is 0 Å². The Hall–Kier alpha value is -2.21. The summed E-state index contributed by atoms with van der Waals surface area (Å²) in [7, 11) is 0. The van der Waals surface area contributed by atoms with Gasteiger partial charge in [0, 0.05) is 24.8 Å². The van der Waals surface area contributed by atoms with Crippen LogP contribution in [0.5, 0.6) is 0 Å². The second-order valence-electron chi connectivity index (χ2n) is 7.31. The van der Waals surface area contributed by atoms with Gasteiger partial charge in [-0.2, -0.15) is 5.10 Å². The van der Waals surface area contributed by atoms with Gasteiger partial charge in [0.1, 0.15) is 12.7 Å². The summed E-state index contributed by atoms with van der Waals surface area (Å²) >= 11 is 0. The Labute approximate surface area is 148 Å². The molecule has 0 unspecified atom stereocenters. The average Bonchev–Trinajstić information content (AvgIpc) is 3.21. The molecule has 25 heavy (non-hydrogen) atoms. The van der Waals surface area contributed by atoms with Crippen molar-refractivity contribution in [2.75, 3.05) is 24.5 Å². The van der Waals surface area contributed by atoms with Gasteiger partial charge < -0.3 is 4.90 Å². The highest BCUT2D eigenvalue weighted by Crippen LogP contribution is 2.32. The Morgan fingerprint density at radius 2 is 2.20 bits per heavy atom. The minimum atomic E-state index is 0.221. The summed E-state index contributed by atoms with van der Waals surface area (Å²) in [5.74, 6) is 0.755. The van der Waals surface area contributed by atoms with E-state index in [0.717, 1.165) is 38.2 Å². The Morgan fingerprint density at radius 1 is 1.32 bits per heavy atom. The fourth-order valence-corrected chi connectivity index (χ4v) is 4.25. The number of piperidine rings is 1. The number of carbonyl (C=O) groups excluding carboxylic acids is 1. The summed E-state index contributed by atoms with van der Waals surface area (Å²) in [5.41, 5.74) is 2.38. The normalized spacial score (nSPS) is 23.6. The molecule has 1 amide bonds. The zero-order valence-corrected chi connectivity index (χ0v) is 14.7. The fourth-order valence-electron chi connectivity index (χ4n) is 4.25. The second-order valence-corrected chi connectivity index (χ2v) is 7.31. The smallest absolute Gasteiger partial charge is 0.241 e. The van der Waals surface area contributed by atoms with Crippen molar-refractivity contribution in [3.63, 3.8) is 0 Å². The topological polar surface area (TPSA) is 54.3 Å². The molecule has 0 saturated carbocycles. The predicted molar refractivity (Wildman–Crippen MR) is 96.3 cm³/mol. The van der Waals surface area contributed by atoms with Gasteiger partial charge in [-0.1, -0.05) is 18.2 Å². The quantitative estimate of drug-likeness (QED) is 0.855. The molecule has 6 heteroatoms. The first-order valence-electron chi connectivity index (χ1n) is 9.15. The third-order valence-corrected chi connectivity index (χ3v) is 5.35. The first-order valence-corrected chi connectivity index (χ1v) is 9.15. The number of para-hydroxylation sites is 1. The number of nitrogens with zero attached hydrogens (tertiary/aromatic N) is 5. The predicted octanol–water partition coefficient (Wildman–Crippen LogP) is 1.97. The molecule has 0 spiro atoms. The molecule has 0 radical (unpaired) electrons. The third kappa shape index (κ3) is 3.44. The van der Waals surface area contributed by atoms with Crippen LogP contribution in [-0.4, -0.2) is 51.2 Å². The maximum absolute atomic E-state index is 13.0. The molecule has 2 aliphatic rings. The number of carbonyl (C=O) groups is 1. The summed E-state index contributed by atoms with van der Waals surface area (Å²) < 4.78 is 1.90. The van der Waals surface area contributed by atoms with E-state index in [9.17, 15) is 4.79 Å². The Morgan fingerprint density at radius 3 is 3.04 bits per heavy atom. The van der Waals surface area contributed by atoms with E-state index in [2.05, 4.69) is 40.1 Å². The minimum absolute atomic E-state index is 0.221. The Kier molecular flexibility index (Phi) is 4.53. The fraction of sp³-hybridized carbons (Fsp3) is 0.526. The lowest BCUT2D eigenvalue weighted by molar-refractivity contribution is -0.120. The highest BCUT2D eigenvalue weighted by atomic mass is 16.2. The van der Waals surface area contributed by atoms with E-state index >= 15 is 0 Å². The number of hydrogen-bond donors (Lipinski definition) is 0. The van der Waals surface area contributed by atoms with Gasteiger partial charge in [0.05, 0.1) is 6.54 Å². The van der Waals surface area contributed by atoms with Crippen LogP contribution in [0.2, 0.25) is 0 Å². The zero-order chi connectivity index (χ0) is 17.2. The molecule has 2 aliphatic heterocycles. The molecule has 1 saturated heterocycles. The van der Waals surface area contributed by atoms with Crippen LogP contribution >= 0.6 is 0 Å². The maximum Gasteiger partial charge on any atom is 0.241 e. The molecule has 2 atom stereocenters. The van der Waals surface area contributed by atoms with Gasteiger partial charge in [0.2, 0.25) is 5.91 Å². The van der Waals surface area contributed by atoms with E-state index in [1.807, 2.05) is 15.6 Å². The molecule has 1 aromatic heterocycles. The van der Waals surface area contributed by atoms with Crippen molar-refractivity contribution in [3.8, 4) is 0 Å². The lowest BCUT2D eigenvalue weighted by atomic mass is 9.98. The average molecular weight is 339 g/mol. The first kappa shape index (κ1) is 16.3. The van der Waals surface area contributed by atoms with Crippen LogP contribution in [0.3, 0.4) is 0 Å². The third-order valence-electron chi connectivity index (χ3n) is 5.35. The number of fused-ring (bicyclic) bond motifs is 1. The Bertz CT molecular complexity index is 729. The Balaban J connectivity index is 1.39. The number of amides is 1. The highest BCUT2D eigenvalue weighted by Gasteiger charge is 2.32. The van der Waals surface area contributed by atoms with Crippen molar-refractivity contribution < 1.29 is 4.79 Å². The molecule has 1 aromatic carbocycles. The van der Waals surface area contributed by atoms with Gasteiger partial charge in [-0.25, -0.2) is 4.98 Å². The van der Waals surface area contributed by atoms with Gasteiger partial charge in [-0.3, -0.25) is 14.4 Å². The molecule has 4 rings (SSSR count). The van der Waals surface area contributed by atoms with Gasteiger partial charge >= 0.3 is 0 Å². The maximum atomic E-state index is 13.0. The molecular formula is C19H25N5O. The summed E-state index contributed by atoms with van der Waals surface area (Å²) in [6.07, 6.45) is 6.63. The molecule has 0 aliphatic carbocycles. The van der Waals surface area contributed by atoms with Crippen LogP contribution < -0.4 is 4.90 Å². The van der Waals surface area contributed by atoms with Gasteiger partial charge in [-0.05, 0) is 50.3 Å². The van der Waals surface area contributed by atoms with E-state index < -0.39 is 0 Å². The molecule has 1 fully saturated rings. The number of rotatable bonds is 4. The van der Waals surface area contributed by atoms with Crippen LogP contribution in [0.25, 0.3) is 0 Å². The first-order chi connectivity index (χ1) is 12.2. The standard InChI is InChI=1S/C19H25N5O/c1-15-9-17-6-2-3-7-18(17)24(15)19(25)12-22-8-4-5-16(10-22)11-23-14-20-13-21-23/h2-3,6-7,13-16H,4-5,8-12H2,1H3/t15-,16+/m1/s1. The second kappa shape index (κ2) is 6.96. The van der Waals surface area contributed by atoms with Crippen molar-refractivity contribution in [1.82, 2.24) is 19.7 Å². The van der Waals surface area contributed by atoms with Crippen molar-refractivity contribution in [2.24, 2.45) is 5.92 Å². The number of benzene rings is 1. The molecule has 0 bridgehead atoms. The highest BCUT2D eigenvalue weighted by molar-refractivity contribution is 5.97. The van der Waals surface area contributed by atoms with Crippen molar-refractivity contribution in [3.05, 3.63) is 42.5 Å². The minimum Gasteiger partial charge on any atom is -0.308 e. The number of hydrogen-bond acceptors (Lipinski definition) is 4. The van der Waals surface area contributed by atoms with Gasteiger partial charge in [-0.15, -0.1) is 0 Å². The van der Waals surface area contributed by atoms with Crippen molar-refractivity contribution in [2.45, 2.75) is 38.8 Å². The molecular weight excluding hydrogens is 314 g/mol. The zero-order valence-electron chi connectivity index (χ0n) is 14.7. The summed E-state index contributed by atoms with van der Waals surface area (Å²) in [5, 5.41) is 4.21. The van der Waals surface area contributed by atoms with Crippen LogP contribution in [-0.2, 0) is 17.8 Å². The van der Waals surface area contributed by atoms with E-state index in [0.29, 0.717) is 12.5 Å². The molecule has 132 valence electrons. The molecule has 6 nitrogen and oxygen atoms in total. The van der Waals surface area contributed by atoms with Crippen LogP contribution in [0, 0.1) is 5.92 Å². The molecule has 2 aromatic rings. The largest absolute Gasteiger partial charge is 0.308 e. The van der Waals surface area contributed by atoms with E-state index in [4.69, 9.17) is 0 Å². The monoisotopic (exact) mass is 339 g/mol. The number of anilines is 1. The van der Waals surface area contributed by atoms with E-state index in [-0.39, 0.29) is 11.9 Å². The summed E-state index contributed by atoms with van der Waals surface area (Å²) in [6, 6.07) is 8.53. The van der Waals surface area contributed by atoms with E-state index in [1.54, 1.807) is 12.7 Å². The van der Waals surface area contributed by atoms with Crippen LogP contribution in [0.4, 0.5) is 5.69 Å². The summed E-state index contributed by atoms with van der Waals surface area (Å²) in [6.45, 7) is 5.49. The van der Waals surface area contributed by atoms with Crippen molar-refractivity contribution >= 4 is 11.6 Å². The number of likely N-dealkylation sites (tertiary alicyclic amines) is 1. The van der Waals surface area contributed by atoms with Crippen LogP contribution in [0.15, 0.2) is 36.9 Å². The van der Waals surface area contributed by atoms with Gasteiger partial charge in [0.15, 0.2) is 0 Å². The lowest BCUT2D eigenvalue weighted by Gasteiger charge is -2.34. The SMILES string of the molecule is C[C@@H]1Cc2ccccc2N1C(=O)CN1CCC[C@H](Cn2cncn2)C1. The van der Waals surface area contributed by atoms with E-state index in [1.165, 1.54) is 12.0 Å². The van der Waals surface area contributed by atoms with Crippen LogP contribution in [0.1, 0.15) is 25.3 Å². The molecule has 3 heterocycles. The molecule has 0 N–H and O–H groups in total. The van der Waals surface area contributed by atoms with Gasteiger partial charge in [0.25, 0.3) is 0 Å². The summed E-state index contributed by atoms with van der Waals surface area (Å²) in [4.78, 5) is 21.3. The number of aromatic nitrogens is 3.